The summed E-state index contributed by atoms with van der Waals surface area (Å²) in [5.74, 6) is 1.07. The van der Waals surface area contributed by atoms with Crippen molar-refractivity contribution in [1.82, 2.24) is 15.0 Å². The van der Waals surface area contributed by atoms with Crippen LogP contribution in [0.2, 0.25) is 5.28 Å². The molecule has 0 aliphatic rings. The number of ether oxygens (including phenoxy) is 2. The van der Waals surface area contributed by atoms with E-state index in [1.165, 1.54) is 12.7 Å². The van der Waals surface area contributed by atoms with Gasteiger partial charge in [-0.2, -0.15) is 9.97 Å². The SMILES string of the molecule is COc1nc(Cl)nc(Oc2cccc(C(C)C)c2)n1. The molecule has 0 fully saturated rings. The summed E-state index contributed by atoms with van der Waals surface area (Å²) in [5.41, 5.74) is 1.17. The first kappa shape index (κ1) is 13.5. The van der Waals surface area contributed by atoms with E-state index < -0.39 is 0 Å². The molecule has 0 N–H and O–H groups in total. The van der Waals surface area contributed by atoms with Gasteiger partial charge in [-0.15, -0.1) is 4.98 Å². The normalized spacial score (nSPS) is 10.6. The van der Waals surface area contributed by atoms with Crippen LogP contribution in [-0.4, -0.2) is 22.1 Å². The first-order valence-corrected chi connectivity index (χ1v) is 6.19. The molecule has 1 aromatic heterocycles. The summed E-state index contributed by atoms with van der Waals surface area (Å²) >= 11 is 5.75. The Morgan fingerprint density at radius 3 is 2.53 bits per heavy atom. The van der Waals surface area contributed by atoms with Gasteiger partial charge in [0.05, 0.1) is 7.11 Å². The van der Waals surface area contributed by atoms with E-state index in [1.54, 1.807) is 0 Å². The van der Waals surface area contributed by atoms with E-state index in [2.05, 4.69) is 28.8 Å². The molecular weight excluding hydrogens is 266 g/mol. The number of methoxy groups -OCH3 is 1. The minimum Gasteiger partial charge on any atom is -0.467 e. The minimum absolute atomic E-state index is 0.0295. The highest BCUT2D eigenvalue weighted by molar-refractivity contribution is 6.28. The van der Waals surface area contributed by atoms with Gasteiger partial charge < -0.3 is 9.47 Å². The summed E-state index contributed by atoms with van der Waals surface area (Å²) in [4.78, 5) is 11.6. The van der Waals surface area contributed by atoms with Gasteiger partial charge in [0.2, 0.25) is 5.28 Å². The largest absolute Gasteiger partial charge is 0.467 e. The molecule has 5 nitrogen and oxygen atoms in total. The van der Waals surface area contributed by atoms with Crippen LogP contribution in [-0.2, 0) is 0 Å². The molecule has 0 aliphatic carbocycles. The van der Waals surface area contributed by atoms with Crippen LogP contribution in [0, 0.1) is 0 Å². The predicted molar refractivity (Wildman–Crippen MR) is 72.0 cm³/mol. The molecule has 0 spiro atoms. The molecule has 0 saturated heterocycles. The maximum Gasteiger partial charge on any atom is 0.329 e. The highest BCUT2D eigenvalue weighted by atomic mass is 35.5. The van der Waals surface area contributed by atoms with Crippen LogP contribution in [0.5, 0.6) is 17.8 Å². The third kappa shape index (κ3) is 3.54. The van der Waals surface area contributed by atoms with Crippen LogP contribution in [0.3, 0.4) is 0 Å². The summed E-state index contributed by atoms with van der Waals surface area (Å²) in [6.45, 7) is 4.23. The van der Waals surface area contributed by atoms with E-state index in [9.17, 15) is 0 Å². The summed E-state index contributed by atoms with van der Waals surface area (Å²) < 4.78 is 10.5. The quantitative estimate of drug-likeness (QED) is 0.858. The molecule has 6 heteroatoms. The van der Waals surface area contributed by atoms with E-state index in [0.29, 0.717) is 11.7 Å². The van der Waals surface area contributed by atoms with E-state index in [0.717, 1.165) is 0 Å². The smallest absolute Gasteiger partial charge is 0.329 e. The molecule has 0 aliphatic heterocycles. The Hall–Kier alpha value is -1.88. The van der Waals surface area contributed by atoms with Gasteiger partial charge in [-0.25, -0.2) is 0 Å². The highest BCUT2D eigenvalue weighted by Gasteiger charge is 2.08. The zero-order valence-electron chi connectivity index (χ0n) is 10.9. The van der Waals surface area contributed by atoms with Crippen molar-refractivity contribution < 1.29 is 9.47 Å². The van der Waals surface area contributed by atoms with E-state index >= 15 is 0 Å². The van der Waals surface area contributed by atoms with E-state index in [1.807, 2.05) is 24.3 Å². The Labute approximate surface area is 116 Å². The van der Waals surface area contributed by atoms with Gasteiger partial charge >= 0.3 is 12.0 Å². The Kier molecular flexibility index (Phi) is 4.16. The van der Waals surface area contributed by atoms with Crippen LogP contribution in [0.1, 0.15) is 25.3 Å². The highest BCUT2D eigenvalue weighted by Crippen LogP contribution is 2.24. The van der Waals surface area contributed by atoms with Gasteiger partial charge in [-0.05, 0) is 35.2 Å². The maximum atomic E-state index is 5.75. The van der Waals surface area contributed by atoms with E-state index in [-0.39, 0.29) is 17.3 Å². The van der Waals surface area contributed by atoms with Crippen LogP contribution >= 0.6 is 11.6 Å². The van der Waals surface area contributed by atoms with Gasteiger partial charge in [0, 0.05) is 0 Å². The fourth-order valence-electron chi connectivity index (χ4n) is 1.49. The summed E-state index contributed by atoms with van der Waals surface area (Å²) in [7, 11) is 1.45. The van der Waals surface area contributed by atoms with Crippen molar-refractivity contribution in [3.63, 3.8) is 0 Å². The van der Waals surface area contributed by atoms with Crippen molar-refractivity contribution >= 4 is 11.6 Å². The Morgan fingerprint density at radius 1 is 1.11 bits per heavy atom. The number of nitrogens with zero attached hydrogens (tertiary/aromatic N) is 3. The molecule has 1 aromatic carbocycles. The number of hydrogen-bond donors (Lipinski definition) is 0. The van der Waals surface area contributed by atoms with Crippen molar-refractivity contribution in [2.24, 2.45) is 0 Å². The first-order chi connectivity index (χ1) is 9.08. The van der Waals surface area contributed by atoms with Crippen LogP contribution < -0.4 is 9.47 Å². The topological polar surface area (TPSA) is 57.1 Å². The van der Waals surface area contributed by atoms with Gasteiger partial charge in [-0.3, -0.25) is 0 Å². The van der Waals surface area contributed by atoms with Crippen LogP contribution in [0.15, 0.2) is 24.3 Å². The number of aromatic nitrogens is 3. The van der Waals surface area contributed by atoms with Crippen molar-refractivity contribution in [3.8, 4) is 17.8 Å². The zero-order chi connectivity index (χ0) is 13.8. The predicted octanol–water partition coefficient (Wildman–Crippen LogP) is 3.45. The zero-order valence-corrected chi connectivity index (χ0v) is 11.7. The van der Waals surface area contributed by atoms with Gasteiger partial charge in [0.15, 0.2) is 0 Å². The second-order valence-corrected chi connectivity index (χ2v) is 4.54. The Bertz CT molecular complexity index is 576. The minimum atomic E-state index is 0.0295. The number of halogens is 1. The number of hydrogen-bond acceptors (Lipinski definition) is 5. The Balaban J connectivity index is 2.25. The maximum absolute atomic E-state index is 5.75. The number of benzene rings is 1. The average molecular weight is 280 g/mol. The molecule has 0 amide bonds. The van der Waals surface area contributed by atoms with Gasteiger partial charge in [-0.1, -0.05) is 26.0 Å². The lowest BCUT2D eigenvalue weighted by Crippen LogP contribution is -1.99. The Morgan fingerprint density at radius 2 is 1.84 bits per heavy atom. The van der Waals surface area contributed by atoms with Crippen LogP contribution in [0.4, 0.5) is 0 Å². The second kappa shape index (κ2) is 5.84. The lowest BCUT2D eigenvalue weighted by molar-refractivity contribution is 0.359. The molecule has 0 unspecified atom stereocenters. The molecule has 2 aromatic rings. The standard InChI is InChI=1S/C13H14ClN3O2/c1-8(2)9-5-4-6-10(7-9)19-13-16-11(14)15-12(17-13)18-3/h4-8H,1-3H3. The first-order valence-electron chi connectivity index (χ1n) is 5.82. The second-order valence-electron chi connectivity index (χ2n) is 4.20. The van der Waals surface area contributed by atoms with Crippen molar-refractivity contribution in [3.05, 3.63) is 35.1 Å². The molecule has 2 rings (SSSR count). The lowest BCUT2D eigenvalue weighted by atomic mass is 10.0. The lowest BCUT2D eigenvalue weighted by Gasteiger charge is -2.08. The molecule has 0 radical (unpaired) electrons. The average Bonchev–Trinajstić information content (AvgIpc) is 2.38. The van der Waals surface area contributed by atoms with Crippen molar-refractivity contribution in [1.29, 1.82) is 0 Å². The van der Waals surface area contributed by atoms with Crippen LogP contribution in [0.25, 0.3) is 0 Å². The molecule has 0 saturated carbocycles. The monoisotopic (exact) mass is 279 g/mol. The molecule has 0 atom stereocenters. The summed E-state index contributed by atoms with van der Waals surface area (Å²) in [6.07, 6.45) is 0. The fourth-order valence-corrected chi connectivity index (χ4v) is 1.64. The summed E-state index contributed by atoms with van der Waals surface area (Å²) in [5, 5.41) is 0.0295. The molecule has 100 valence electrons. The number of rotatable bonds is 4. The molecular formula is C13H14ClN3O2. The van der Waals surface area contributed by atoms with Gasteiger partial charge in [0.25, 0.3) is 0 Å². The molecule has 19 heavy (non-hydrogen) atoms. The van der Waals surface area contributed by atoms with E-state index in [4.69, 9.17) is 21.1 Å². The fraction of sp³-hybridized carbons (Fsp3) is 0.308. The van der Waals surface area contributed by atoms with Crippen molar-refractivity contribution in [2.45, 2.75) is 19.8 Å². The molecule has 1 heterocycles. The summed E-state index contributed by atoms with van der Waals surface area (Å²) in [6, 6.07) is 7.96. The third-order valence-corrected chi connectivity index (χ3v) is 2.65. The van der Waals surface area contributed by atoms with Crippen molar-refractivity contribution in [2.75, 3.05) is 7.11 Å². The third-order valence-electron chi connectivity index (χ3n) is 2.48. The molecule has 0 bridgehead atoms. The van der Waals surface area contributed by atoms with Gasteiger partial charge in [0.1, 0.15) is 5.75 Å².